The Morgan fingerprint density at radius 3 is 2.83 bits per heavy atom. The summed E-state index contributed by atoms with van der Waals surface area (Å²) >= 11 is 0. The monoisotopic (exact) mass is 247 g/mol. The van der Waals surface area contributed by atoms with Crippen molar-refractivity contribution in [2.75, 3.05) is 13.1 Å². The van der Waals surface area contributed by atoms with Crippen LogP contribution < -0.4 is 0 Å². The molecular formula is C15H25N3. The molecule has 2 aliphatic rings. The van der Waals surface area contributed by atoms with Crippen LogP contribution >= 0.6 is 0 Å². The van der Waals surface area contributed by atoms with Gasteiger partial charge in [-0.1, -0.05) is 20.3 Å². The van der Waals surface area contributed by atoms with E-state index >= 15 is 0 Å². The number of aromatic nitrogens is 2. The van der Waals surface area contributed by atoms with Crippen LogP contribution in [0.4, 0.5) is 0 Å². The van der Waals surface area contributed by atoms with Crippen LogP contribution in [0.15, 0.2) is 12.4 Å². The maximum Gasteiger partial charge on any atom is 0.0546 e. The number of piperidine rings is 2. The predicted molar refractivity (Wildman–Crippen MR) is 73.8 cm³/mol. The van der Waals surface area contributed by atoms with E-state index in [1.54, 1.807) is 0 Å². The van der Waals surface area contributed by atoms with Gasteiger partial charge in [-0.05, 0) is 43.7 Å². The van der Waals surface area contributed by atoms with Crippen molar-refractivity contribution in [3.05, 3.63) is 18.0 Å². The third kappa shape index (κ3) is 2.33. The maximum atomic E-state index is 4.60. The average molecular weight is 247 g/mol. The van der Waals surface area contributed by atoms with Gasteiger partial charge >= 0.3 is 0 Å². The Bertz CT molecular complexity index is 396. The van der Waals surface area contributed by atoms with Crippen molar-refractivity contribution in [3.63, 3.8) is 0 Å². The van der Waals surface area contributed by atoms with Crippen molar-refractivity contribution < 1.29 is 0 Å². The lowest BCUT2D eigenvalue weighted by molar-refractivity contribution is 0.0782. The first kappa shape index (κ1) is 12.2. The molecule has 0 amide bonds. The highest BCUT2D eigenvalue weighted by molar-refractivity contribution is 5.09. The zero-order valence-electron chi connectivity index (χ0n) is 11.7. The molecule has 100 valence electrons. The first-order valence-electron chi connectivity index (χ1n) is 7.52. The van der Waals surface area contributed by atoms with Gasteiger partial charge in [0.1, 0.15) is 0 Å². The lowest BCUT2D eigenvalue weighted by atomic mass is 9.90. The molecule has 2 aliphatic heterocycles. The topological polar surface area (TPSA) is 21.1 Å². The summed E-state index contributed by atoms with van der Waals surface area (Å²) in [5.74, 6) is 0.591. The molecule has 18 heavy (non-hydrogen) atoms. The molecule has 2 atom stereocenters. The second-order valence-electron chi connectivity index (χ2n) is 6.27. The summed E-state index contributed by atoms with van der Waals surface area (Å²) in [5, 5.41) is 4.60. The molecule has 1 aromatic heterocycles. The molecular weight excluding hydrogens is 222 g/mol. The fourth-order valence-electron chi connectivity index (χ4n) is 3.46. The highest BCUT2D eigenvalue weighted by Crippen LogP contribution is 2.32. The van der Waals surface area contributed by atoms with Crippen molar-refractivity contribution >= 4 is 0 Å². The van der Waals surface area contributed by atoms with Gasteiger partial charge in [0.15, 0.2) is 0 Å². The molecule has 0 saturated carbocycles. The minimum atomic E-state index is 0.591. The summed E-state index contributed by atoms with van der Waals surface area (Å²) in [7, 11) is 0. The predicted octanol–water partition coefficient (Wildman–Crippen LogP) is 3.20. The second kappa shape index (κ2) is 5.04. The van der Waals surface area contributed by atoms with Gasteiger partial charge in [0.05, 0.1) is 12.2 Å². The van der Waals surface area contributed by atoms with E-state index in [1.807, 2.05) is 0 Å². The lowest BCUT2D eigenvalue weighted by Gasteiger charge is -2.42. The van der Waals surface area contributed by atoms with Gasteiger partial charge in [0, 0.05) is 18.8 Å². The van der Waals surface area contributed by atoms with E-state index in [0.29, 0.717) is 12.0 Å². The number of nitrogens with zero attached hydrogens (tertiary/aromatic N) is 3. The van der Waals surface area contributed by atoms with E-state index < -0.39 is 0 Å². The van der Waals surface area contributed by atoms with E-state index in [0.717, 1.165) is 6.04 Å². The fourth-order valence-corrected chi connectivity index (χ4v) is 3.46. The Kier molecular flexibility index (Phi) is 3.42. The van der Waals surface area contributed by atoms with Crippen LogP contribution in [-0.4, -0.2) is 33.8 Å². The van der Waals surface area contributed by atoms with Gasteiger partial charge in [-0.3, -0.25) is 4.68 Å². The van der Waals surface area contributed by atoms with Crippen molar-refractivity contribution in [1.29, 1.82) is 0 Å². The van der Waals surface area contributed by atoms with Crippen LogP contribution in [0, 0.1) is 0 Å². The Balaban J connectivity index is 1.69. The highest BCUT2D eigenvalue weighted by Gasteiger charge is 2.31. The largest absolute Gasteiger partial charge is 0.300 e. The summed E-state index contributed by atoms with van der Waals surface area (Å²) in [5.41, 5.74) is 1.38. The molecule has 2 fully saturated rings. The second-order valence-corrected chi connectivity index (χ2v) is 6.27. The van der Waals surface area contributed by atoms with E-state index in [1.165, 1.54) is 50.8 Å². The van der Waals surface area contributed by atoms with E-state index in [-0.39, 0.29) is 0 Å². The van der Waals surface area contributed by atoms with Crippen LogP contribution in [0.3, 0.4) is 0 Å². The SMILES string of the molecule is CC(C)c1cnn(C2CCN3CCCCC3C2)c1. The van der Waals surface area contributed by atoms with Crippen LogP contribution in [0.2, 0.25) is 0 Å². The van der Waals surface area contributed by atoms with Crippen molar-refractivity contribution in [1.82, 2.24) is 14.7 Å². The van der Waals surface area contributed by atoms with Crippen LogP contribution in [0.25, 0.3) is 0 Å². The standard InChI is InChI=1S/C15H25N3/c1-12(2)13-10-16-18(11-13)15-6-8-17-7-4-3-5-14(17)9-15/h10-12,14-15H,3-9H2,1-2H3. The Labute approximate surface area is 110 Å². The smallest absolute Gasteiger partial charge is 0.0546 e. The third-order valence-electron chi connectivity index (χ3n) is 4.71. The van der Waals surface area contributed by atoms with Crippen molar-refractivity contribution in [3.8, 4) is 0 Å². The summed E-state index contributed by atoms with van der Waals surface area (Å²) in [6.07, 6.45) is 11.1. The van der Waals surface area contributed by atoms with Crippen molar-refractivity contribution in [2.24, 2.45) is 0 Å². The molecule has 3 heterocycles. The fraction of sp³-hybridized carbons (Fsp3) is 0.800. The summed E-state index contributed by atoms with van der Waals surface area (Å²) in [6, 6.07) is 1.46. The number of fused-ring (bicyclic) bond motifs is 1. The molecule has 0 aromatic carbocycles. The Morgan fingerprint density at radius 1 is 1.17 bits per heavy atom. The molecule has 0 spiro atoms. The molecule has 3 rings (SSSR count). The molecule has 2 unspecified atom stereocenters. The molecule has 0 radical (unpaired) electrons. The minimum absolute atomic E-state index is 0.591. The zero-order valence-corrected chi connectivity index (χ0v) is 11.7. The van der Waals surface area contributed by atoms with E-state index in [9.17, 15) is 0 Å². The van der Waals surface area contributed by atoms with Gasteiger partial charge in [0.2, 0.25) is 0 Å². The minimum Gasteiger partial charge on any atom is -0.300 e. The normalized spacial score (nSPS) is 29.5. The Hall–Kier alpha value is -0.830. The molecule has 0 bridgehead atoms. The number of rotatable bonds is 2. The third-order valence-corrected chi connectivity index (χ3v) is 4.71. The molecule has 0 aliphatic carbocycles. The van der Waals surface area contributed by atoms with Crippen LogP contribution in [0.5, 0.6) is 0 Å². The Morgan fingerprint density at radius 2 is 2.06 bits per heavy atom. The van der Waals surface area contributed by atoms with Crippen LogP contribution in [0.1, 0.15) is 63.5 Å². The number of hydrogen-bond acceptors (Lipinski definition) is 2. The van der Waals surface area contributed by atoms with Crippen molar-refractivity contribution in [2.45, 2.75) is 64.0 Å². The van der Waals surface area contributed by atoms with Crippen LogP contribution in [-0.2, 0) is 0 Å². The van der Waals surface area contributed by atoms with Gasteiger partial charge in [-0.25, -0.2) is 0 Å². The average Bonchev–Trinajstić information content (AvgIpc) is 2.88. The molecule has 2 saturated heterocycles. The first-order chi connectivity index (χ1) is 8.74. The van der Waals surface area contributed by atoms with Gasteiger partial charge in [-0.2, -0.15) is 5.10 Å². The van der Waals surface area contributed by atoms with Gasteiger partial charge < -0.3 is 4.90 Å². The highest BCUT2D eigenvalue weighted by atomic mass is 15.3. The molecule has 3 heteroatoms. The molecule has 3 nitrogen and oxygen atoms in total. The maximum absolute atomic E-state index is 4.60. The van der Waals surface area contributed by atoms with E-state index in [4.69, 9.17) is 0 Å². The summed E-state index contributed by atoms with van der Waals surface area (Å²) in [4.78, 5) is 2.70. The molecule has 0 N–H and O–H groups in total. The zero-order chi connectivity index (χ0) is 12.5. The lowest BCUT2D eigenvalue weighted by Crippen LogP contribution is -2.45. The van der Waals surface area contributed by atoms with E-state index in [2.05, 4.69) is 40.9 Å². The summed E-state index contributed by atoms with van der Waals surface area (Å²) < 4.78 is 2.24. The van der Waals surface area contributed by atoms with Gasteiger partial charge in [0.25, 0.3) is 0 Å². The summed E-state index contributed by atoms with van der Waals surface area (Å²) in [6.45, 7) is 7.08. The molecule has 1 aromatic rings. The quantitative estimate of drug-likeness (QED) is 0.800. The first-order valence-corrected chi connectivity index (χ1v) is 7.52. The van der Waals surface area contributed by atoms with Gasteiger partial charge in [-0.15, -0.1) is 0 Å². The number of hydrogen-bond donors (Lipinski definition) is 0.